The van der Waals surface area contributed by atoms with Gasteiger partial charge in [-0.05, 0) is 27.4 Å². The summed E-state index contributed by atoms with van der Waals surface area (Å²) in [6.45, 7) is 5.85. The Morgan fingerprint density at radius 2 is 2.25 bits per heavy atom. The molecule has 0 saturated heterocycles. The second kappa shape index (κ2) is 6.62. The van der Waals surface area contributed by atoms with Crippen LogP contribution in [-0.4, -0.2) is 54.7 Å². The van der Waals surface area contributed by atoms with Crippen molar-refractivity contribution in [3.63, 3.8) is 0 Å². The van der Waals surface area contributed by atoms with Crippen LogP contribution in [0.4, 0.5) is 0 Å². The quantitative estimate of drug-likeness (QED) is 0.505. The van der Waals surface area contributed by atoms with Crippen LogP contribution in [-0.2, 0) is 4.79 Å². The van der Waals surface area contributed by atoms with Crippen molar-refractivity contribution in [3.8, 4) is 0 Å². The maximum absolute atomic E-state index is 11.5. The first-order chi connectivity index (χ1) is 7.28. The SMILES string of the molecule is C=CCC(N)C(=O)NCC(C)(O)CN(C)C. The van der Waals surface area contributed by atoms with Crippen LogP contribution in [0.25, 0.3) is 0 Å². The second-order valence-electron chi connectivity index (χ2n) is 4.58. The molecule has 0 aliphatic heterocycles. The van der Waals surface area contributed by atoms with Gasteiger partial charge in [-0.25, -0.2) is 0 Å². The van der Waals surface area contributed by atoms with E-state index in [1.165, 1.54) is 0 Å². The van der Waals surface area contributed by atoms with Gasteiger partial charge < -0.3 is 21.1 Å². The van der Waals surface area contributed by atoms with Crippen LogP contribution < -0.4 is 11.1 Å². The van der Waals surface area contributed by atoms with Gasteiger partial charge in [0.1, 0.15) is 0 Å². The Hall–Kier alpha value is -0.910. The molecule has 5 heteroatoms. The second-order valence-corrected chi connectivity index (χ2v) is 4.58. The molecule has 0 aromatic rings. The van der Waals surface area contributed by atoms with E-state index in [0.29, 0.717) is 13.0 Å². The maximum atomic E-state index is 11.5. The van der Waals surface area contributed by atoms with Crippen molar-refractivity contribution in [3.05, 3.63) is 12.7 Å². The molecule has 0 saturated carbocycles. The molecule has 94 valence electrons. The van der Waals surface area contributed by atoms with Crippen molar-refractivity contribution >= 4 is 5.91 Å². The van der Waals surface area contributed by atoms with Crippen LogP contribution >= 0.6 is 0 Å². The zero-order valence-electron chi connectivity index (χ0n) is 10.4. The minimum absolute atomic E-state index is 0.189. The number of rotatable bonds is 7. The van der Waals surface area contributed by atoms with E-state index in [1.807, 2.05) is 19.0 Å². The highest BCUT2D eigenvalue weighted by atomic mass is 16.3. The van der Waals surface area contributed by atoms with Gasteiger partial charge in [0.15, 0.2) is 0 Å². The summed E-state index contributed by atoms with van der Waals surface area (Å²) in [5.74, 6) is -0.265. The summed E-state index contributed by atoms with van der Waals surface area (Å²) in [7, 11) is 3.72. The minimum Gasteiger partial charge on any atom is -0.387 e. The molecular formula is C11H23N3O2. The van der Waals surface area contributed by atoms with Crippen LogP contribution in [0.5, 0.6) is 0 Å². The number of hydrogen-bond acceptors (Lipinski definition) is 4. The van der Waals surface area contributed by atoms with E-state index >= 15 is 0 Å². The van der Waals surface area contributed by atoms with Crippen LogP contribution in [0.1, 0.15) is 13.3 Å². The van der Waals surface area contributed by atoms with Gasteiger partial charge in [-0.2, -0.15) is 0 Å². The first-order valence-electron chi connectivity index (χ1n) is 5.30. The normalized spacial score (nSPS) is 16.6. The number of nitrogens with two attached hydrogens (primary N) is 1. The molecule has 0 aliphatic carbocycles. The zero-order chi connectivity index (χ0) is 12.8. The molecule has 2 unspecified atom stereocenters. The molecule has 2 atom stereocenters. The number of amides is 1. The van der Waals surface area contributed by atoms with Crippen molar-refractivity contribution in [2.24, 2.45) is 5.73 Å². The van der Waals surface area contributed by atoms with Crippen molar-refractivity contribution in [2.75, 3.05) is 27.2 Å². The van der Waals surface area contributed by atoms with Crippen LogP contribution in [0.2, 0.25) is 0 Å². The van der Waals surface area contributed by atoms with Gasteiger partial charge in [-0.3, -0.25) is 4.79 Å². The number of likely N-dealkylation sites (N-methyl/N-ethyl adjacent to an activating group) is 1. The average molecular weight is 229 g/mol. The van der Waals surface area contributed by atoms with E-state index in [2.05, 4.69) is 11.9 Å². The van der Waals surface area contributed by atoms with Gasteiger partial charge in [0.25, 0.3) is 0 Å². The molecule has 4 N–H and O–H groups in total. The van der Waals surface area contributed by atoms with Crippen LogP contribution in [0, 0.1) is 0 Å². The Bertz CT molecular complexity index is 239. The summed E-state index contributed by atoms with van der Waals surface area (Å²) < 4.78 is 0. The van der Waals surface area contributed by atoms with Gasteiger partial charge in [0.05, 0.1) is 11.6 Å². The summed E-state index contributed by atoms with van der Waals surface area (Å²) in [5.41, 5.74) is 4.63. The molecule has 0 bridgehead atoms. The molecule has 0 aliphatic rings. The van der Waals surface area contributed by atoms with E-state index < -0.39 is 11.6 Å². The van der Waals surface area contributed by atoms with E-state index in [-0.39, 0.29) is 12.5 Å². The Morgan fingerprint density at radius 1 is 1.69 bits per heavy atom. The summed E-state index contributed by atoms with van der Waals surface area (Å²) in [6.07, 6.45) is 2.03. The van der Waals surface area contributed by atoms with Crippen molar-refractivity contribution in [1.29, 1.82) is 0 Å². The fraction of sp³-hybridized carbons (Fsp3) is 0.727. The molecule has 0 aromatic carbocycles. The number of hydrogen-bond donors (Lipinski definition) is 3. The third-order valence-electron chi connectivity index (χ3n) is 2.06. The zero-order valence-corrected chi connectivity index (χ0v) is 10.4. The molecule has 0 fully saturated rings. The summed E-state index contributed by atoms with van der Waals surface area (Å²) >= 11 is 0. The standard InChI is InChI=1S/C11H23N3O2/c1-5-6-9(12)10(15)13-7-11(2,16)8-14(3)4/h5,9,16H,1,6-8,12H2,2-4H3,(H,13,15). The van der Waals surface area contributed by atoms with E-state index in [0.717, 1.165) is 0 Å². The number of aliphatic hydroxyl groups is 1. The summed E-state index contributed by atoms with van der Waals surface area (Å²) in [6, 6.07) is -0.590. The molecule has 0 aromatic heterocycles. The first-order valence-corrected chi connectivity index (χ1v) is 5.30. The van der Waals surface area contributed by atoms with Crippen molar-refractivity contribution in [2.45, 2.75) is 25.0 Å². The van der Waals surface area contributed by atoms with Crippen molar-refractivity contribution in [1.82, 2.24) is 10.2 Å². The van der Waals surface area contributed by atoms with Crippen LogP contribution in [0.3, 0.4) is 0 Å². The Kier molecular flexibility index (Phi) is 6.25. The predicted octanol–water partition coefficient (Wildman–Crippen LogP) is -0.681. The molecular weight excluding hydrogens is 206 g/mol. The maximum Gasteiger partial charge on any atom is 0.237 e. The highest BCUT2D eigenvalue weighted by Gasteiger charge is 2.23. The van der Waals surface area contributed by atoms with Gasteiger partial charge in [-0.1, -0.05) is 6.08 Å². The minimum atomic E-state index is -0.951. The Labute approximate surface area is 97.3 Å². The lowest BCUT2D eigenvalue weighted by Crippen LogP contribution is -2.50. The smallest absolute Gasteiger partial charge is 0.237 e. The first kappa shape index (κ1) is 15.1. The van der Waals surface area contributed by atoms with E-state index in [9.17, 15) is 9.90 Å². The highest BCUT2D eigenvalue weighted by Crippen LogP contribution is 2.02. The fourth-order valence-electron chi connectivity index (χ4n) is 1.43. The number of carbonyl (C=O) groups excluding carboxylic acids is 1. The molecule has 0 spiro atoms. The van der Waals surface area contributed by atoms with Gasteiger partial charge in [-0.15, -0.1) is 6.58 Å². The highest BCUT2D eigenvalue weighted by molar-refractivity contribution is 5.81. The number of carbonyl (C=O) groups is 1. The Morgan fingerprint density at radius 3 is 2.69 bits per heavy atom. The van der Waals surface area contributed by atoms with E-state index in [4.69, 9.17) is 5.73 Å². The molecule has 1 amide bonds. The predicted molar refractivity (Wildman–Crippen MR) is 65.0 cm³/mol. The summed E-state index contributed by atoms with van der Waals surface area (Å²) in [4.78, 5) is 13.3. The Balaban J connectivity index is 4.03. The van der Waals surface area contributed by atoms with Crippen LogP contribution in [0.15, 0.2) is 12.7 Å². The number of nitrogens with one attached hydrogen (secondary N) is 1. The molecule has 5 nitrogen and oxygen atoms in total. The topological polar surface area (TPSA) is 78.6 Å². The summed E-state index contributed by atoms with van der Waals surface area (Å²) in [5, 5.41) is 12.6. The molecule has 0 heterocycles. The fourth-order valence-corrected chi connectivity index (χ4v) is 1.43. The lowest BCUT2D eigenvalue weighted by Gasteiger charge is -2.27. The number of nitrogens with zero attached hydrogens (tertiary/aromatic N) is 1. The third kappa shape index (κ3) is 6.55. The lowest BCUT2D eigenvalue weighted by molar-refractivity contribution is -0.123. The molecule has 0 rings (SSSR count). The lowest BCUT2D eigenvalue weighted by atomic mass is 10.1. The van der Waals surface area contributed by atoms with Gasteiger partial charge in [0.2, 0.25) is 5.91 Å². The largest absolute Gasteiger partial charge is 0.387 e. The van der Waals surface area contributed by atoms with Gasteiger partial charge >= 0.3 is 0 Å². The molecule has 16 heavy (non-hydrogen) atoms. The monoisotopic (exact) mass is 229 g/mol. The third-order valence-corrected chi connectivity index (χ3v) is 2.06. The van der Waals surface area contributed by atoms with Gasteiger partial charge in [0, 0.05) is 13.1 Å². The average Bonchev–Trinajstić information content (AvgIpc) is 2.12. The molecule has 0 radical (unpaired) electrons. The van der Waals surface area contributed by atoms with E-state index in [1.54, 1.807) is 13.0 Å². The van der Waals surface area contributed by atoms with Crippen molar-refractivity contribution < 1.29 is 9.90 Å².